The van der Waals surface area contributed by atoms with Gasteiger partial charge in [0.1, 0.15) is 11.6 Å². The van der Waals surface area contributed by atoms with E-state index < -0.39 is 0 Å². The molecule has 6 nitrogen and oxygen atoms in total. The van der Waals surface area contributed by atoms with Gasteiger partial charge in [-0.3, -0.25) is 4.79 Å². The first kappa shape index (κ1) is 17.8. The fraction of sp³-hybridized carbons (Fsp3) is 0.444. The maximum Gasteiger partial charge on any atom is 0.263 e. The zero-order chi connectivity index (χ0) is 17.4. The van der Waals surface area contributed by atoms with Gasteiger partial charge in [-0.1, -0.05) is 19.1 Å². The number of para-hydroxylation sites is 2. The summed E-state index contributed by atoms with van der Waals surface area (Å²) in [4.78, 5) is 14.3. The van der Waals surface area contributed by atoms with Crippen LogP contribution in [0.1, 0.15) is 20.3 Å². The van der Waals surface area contributed by atoms with E-state index in [-0.39, 0.29) is 17.5 Å². The summed E-state index contributed by atoms with van der Waals surface area (Å²) in [5, 5.41) is 15.1. The van der Waals surface area contributed by atoms with Crippen LogP contribution < -0.4 is 15.5 Å². The Balaban J connectivity index is 2.12. The Kier molecular flexibility index (Phi) is 6.64. The van der Waals surface area contributed by atoms with Crippen molar-refractivity contribution in [3.05, 3.63) is 36.0 Å². The number of ether oxygens (including phenoxy) is 1. The first-order valence-corrected chi connectivity index (χ1v) is 8.25. The van der Waals surface area contributed by atoms with Gasteiger partial charge in [-0.15, -0.1) is 0 Å². The third kappa shape index (κ3) is 4.74. The Morgan fingerprint density at radius 2 is 2.12 bits per heavy atom. The fourth-order valence-corrected chi connectivity index (χ4v) is 2.38. The molecule has 1 aliphatic rings. The smallest absolute Gasteiger partial charge is 0.263 e. The van der Waals surface area contributed by atoms with E-state index in [1.807, 2.05) is 44.2 Å². The lowest BCUT2D eigenvalue weighted by molar-refractivity contribution is -0.117. The second-order valence-electron chi connectivity index (χ2n) is 5.71. The maximum atomic E-state index is 12.1. The van der Waals surface area contributed by atoms with E-state index in [0.717, 1.165) is 30.9 Å². The minimum atomic E-state index is -0.358. The lowest BCUT2D eigenvalue weighted by Crippen LogP contribution is -2.36. The van der Waals surface area contributed by atoms with Gasteiger partial charge in [0.25, 0.3) is 5.91 Å². The molecule has 128 valence electrons. The van der Waals surface area contributed by atoms with Gasteiger partial charge in [-0.25, -0.2) is 0 Å². The number of morpholine rings is 1. The lowest BCUT2D eigenvalue weighted by Gasteiger charge is -2.30. The van der Waals surface area contributed by atoms with Crippen molar-refractivity contribution in [2.24, 2.45) is 0 Å². The van der Waals surface area contributed by atoms with Crippen LogP contribution in [-0.2, 0) is 9.53 Å². The number of rotatable bonds is 6. The third-order valence-corrected chi connectivity index (χ3v) is 3.98. The van der Waals surface area contributed by atoms with E-state index in [1.165, 1.54) is 6.20 Å². The van der Waals surface area contributed by atoms with Crippen molar-refractivity contribution >= 4 is 17.3 Å². The minimum absolute atomic E-state index is 0.0369. The van der Waals surface area contributed by atoms with Gasteiger partial charge in [0, 0.05) is 25.3 Å². The Labute approximate surface area is 143 Å². The molecule has 1 saturated heterocycles. The van der Waals surface area contributed by atoms with Gasteiger partial charge >= 0.3 is 0 Å². The average molecular weight is 328 g/mol. The summed E-state index contributed by atoms with van der Waals surface area (Å²) in [5.41, 5.74) is 1.97. The molecular weight excluding hydrogens is 304 g/mol. The third-order valence-electron chi connectivity index (χ3n) is 3.98. The molecule has 1 unspecified atom stereocenters. The Hall–Kier alpha value is -2.52. The van der Waals surface area contributed by atoms with Crippen LogP contribution in [0.25, 0.3) is 0 Å². The summed E-state index contributed by atoms with van der Waals surface area (Å²) in [6, 6.07) is 9.84. The zero-order valence-corrected chi connectivity index (χ0v) is 14.2. The predicted molar refractivity (Wildman–Crippen MR) is 94.7 cm³/mol. The molecule has 6 heteroatoms. The van der Waals surface area contributed by atoms with Crippen molar-refractivity contribution in [3.63, 3.8) is 0 Å². The van der Waals surface area contributed by atoms with E-state index in [2.05, 4.69) is 15.5 Å². The van der Waals surface area contributed by atoms with E-state index in [9.17, 15) is 10.1 Å². The molecular formula is C18H24N4O2. The summed E-state index contributed by atoms with van der Waals surface area (Å²) in [6.07, 6.45) is 2.29. The largest absolute Gasteiger partial charge is 0.378 e. The van der Waals surface area contributed by atoms with E-state index in [0.29, 0.717) is 13.2 Å². The number of anilines is 2. The minimum Gasteiger partial charge on any atom is -0.378 e. The molecule has 1 aromatic rings. The number of carbonyl (C=O) groups is 1. The molecule has 0 radical (unpaired) electrons. The Morgan fingerprint density at radius 1 is 1.42 bits per heavy atom. The van der Waals surface area contributed by atoms with Gasteiger partial charge in [0.2, 0.25) is 0 Å². The highest BCUT2D eigenvalue weighted by atomic mass is 16.5. The molecule has 0 aliphatic carbocycles. The molecule has 1 amide bonds. The van der Waals surface area contributed by atoms with Crippen LogP contribution in [-0.4, -0.2) is 38.3 Å². The number of carbonyl (C=O) groups excluding carboxylic acids is 1. The van der Waals surface area contributed by atoms with Gasteiger partial charge in [-0.05, 0) is 25.5 Å². The highest BCUT2D eigenvalue weighted by molar-refractivity contribution is 5.97. The molecule has 0 spiro atoms. The van der Waals surface area contributed by atoms with Crippen LogP contribution in [0.2, 0.25) is 0 Å². The molecule has 0 bridgehead atoms. The lowest BCUT2D eigenvalue weighted by atomic mass is 10.2. The number of nitrogens with zero attached hydrogens (tertiary/aromatic N) is 2. The first-order chi connectivity index (χ1) is 11.7. The number of nitriles is 1. The zero-order valence-electron chi connectivity index (χ0n) is 14.2. The van der Waals surface area contributed by atoms with Crippen LogP contribution in [0.3, 0.4) is 0 Å². The van der Waals surface area contributed by atoms with Crippen LogP contribution in [0.15, 0.2) is 36.0 Å². The summed E-state index contributed by atoms with van der Waals surface area (Å²) < 4.78 is 5.39. The van der Waals surface area contributed by atoms with Gasteiger partial charge in [-0.2, -0.15) is 5.26 Å². The van der Waals surface area contributed by atoms with E-state index in [4.69, 9.17) is 4.74 Å². The van der Waals surface area contributed by atoms with Crippen LogP contribution >= 0.6 is 0 Å². The number of amides is 1. The molecule has 0 aromatic heterocycles. The molecule has 2 rings (SSSR count). The van der Waals surface area contributed by atoms with E-state index >= 15 is 0 Å². The van der Waals surface area contributed by atoms with Gasteiger partial charge in [0.05, 0.1) is 24.6 Å². The summed E-state index contributed by atoms with van der Waals surface area (Å²) in [5.74, 6) is -0.358. The molecule has 1 fully saturated rings. The number of hydrogen-bond donors (Lipinski definition) is 2. The summed E-state index contributed by atoms with van der Waals surface area (Å²) in [7, 11) is 0. The van der Waals surface area contributed by atoms with Crippen molar-refractivity contribution in [3.8, 4) is 6.07 Å². The standard InChI is InChI=1S/C18H24N4O2/c1-3-14(2)21-18(23)15(12-19)13-20-16-6-4-5-7-17(16)22-8-10-24-11-9-22/h4-7,13-14,20H,3,8-11H2,1-2H3,(H,21,23)/b15-13-. The van der Waals surface area contributed by atoms with Crippen molar-refractivity contribution < 1.29 is 9.53 Å². The fourth-order valence-electron chi connectivity index (χ4n) is 2.38. The quantitative estimate of drug-likeness (QED) is 0.619. The molecule has 2 N–H and O–H groups in total. The molecule has 1 aromatic carbocycles. The van der Waals surface area contributed by atoms with Gasteiger partial charge in [0.15, 0.2) is 0 Å². The molecule has 1 heterocycles. The van der Waals surface area contributed by atoms with Crippen molar-refractivity contribution in [2.45, 2.75) is 26.3 Å². The topological polar surface area (TPSA) is 77.4 Å². The molecule has 24 heavy (non-hydrogen) atoms. The molecule has 0 saturated carbocycles. The highest BCUT2D eigenvalue weighted by Crippen LogP contribution is 2.26. The van der Waals surface area contributed by atoms with Crippen molar-refractivity contribution in [2.75, 3.05) is 36.5 Å². The average Bonchev–Trinajstić information content (AvgIpc) is 2.63. The van der Waals surface area contributed by atoms with Crippen LogP contribution in [0, 0.1) is 11.3 Å². The monoisotopic (exact) mass is 328 g/mol. The van der Waals surface area contributed by atoms with E-state index in [1.54, 1.807) is 0 Å². The van der Waals surface area contributed by atoms with Crippen LogP contribution in [0.5, 0.6) is 0 Å². The molecule has 1 aliphatic heterocycles. The maximum absolute atomic E-state index is 12.1. The normalized spacial score (nSPS) is 16.2. The predicted octanol–water partition coefficient (Wildman–Crippen LogP) is 2.26. The highest BCUT2D eigenvalue weighted by Gasteiger charge is 2.15. The Bertz CT molecular complexity index is 630. The summed E-state index contributed by atoms with van der Waals surface area (Å²) >= 11 is 0. The van der Waals surface area contributed by atoms with Crippen molar-refractivity contribution in [1.29, 1.82) is 5.26 Å². The molecule has 1 atom stereocenters. The second-order valence-corrected chi connectivity index (χ2v) is 5.71. The number of hydrogen-bond acceptors (Lipinski definition) is 5. The Morgan fingerprint density at radius 3 is 2.79 bits per heavy atom. The summed E-state index contributed by atoms with van der Waals surface area (Å²) in [6.45, 7) is 6.94. The van der Waals surface area contributed by atoms with Crippen LogP contribution in [0.4, 0.5) is 11.4 Å². The SMILES string of the molecule is CCC(C)NC(=O)/C(C#N)=C\Nc1ccccc1N1CCOCC1. The second kappa shape index (κ2) is 8.94. The number of nitrogens with one attached hydrogen (secondary N) is 2. The first-order valence-electron chi connectivity index (χ1n) is 8.25. The van der Waals surface area contributed by atoms with Crippen molar-refractivity contribution in [1.82, 2.24) is 5.32 Å². The van der Waals surface area contributed by atoms with Gasteiger partial charge < -0.3 is 20.3 Å². The number of benzene rings is 1.